The fourth-order valence-corrected chi connectivity index (χ4v) is 3.77. The Kier molecular flexibility index (Phi) is 5.28. The second kappa shape index (κ2) is 7.26. The molecule has 1 unspecified atom stereocenters. The molecule has 3 rings (SSSR count). The van der Waals surface area contributed by atoms with Crippen LogP contribution < -0.4 is 0 Å². The van der Waals surface area contributed by atoms with Crippen LogP contribution >= 0.6 is 0 Å². The van der Waals surface area contributed by atoms with Crippen molar-refractivity contribution >= 4 is 10.9 Å². The quantitative estimate of drug-likeness (QED) is 0.793. The summed E-state index contributed by atoms with van der Waals surface area (Å²) in [6.07, 6.45) is 0.937. The van der Waals surface area contributed by atoms with Crippen LogP contribution in [-0.2, 0) is 31.3 Å². The van der Waals surface area contributed by atoms with E-state index < -0.39 is 0 Å². The van der Waals surface area contributed by atoms with Crippen LogP contribution in [0.4, 0.5) is 0 Å². The van der Waals surface area contributed by atoms with Crippen LogP contribution in [-0.4, -0.2) is 40.9 Å². The van der Waals surface area contributed by atoms with Crippen molar-refractivity contribution in [2.45, 2.75) is 40.3 Å². The van der Waals surface area contributed by atoms with E-state index in [2.05, 4.69) is 42.5 Å². The van der Waals surface area contributed by atoms with Gasteiger partial charge in [-0.2, -0.15) is 0 Å². The number of aliphatic hydroxyl groups excluding tert-OH is 1. The van der Waals surface area contributed by atoms with E-state index in [1.54, 1.807) is 0 Å². The molecule has 1 atom stereocenters. The van der Waals surface area contributed by atoms with Gasteiger partial charge in [0.05, 0.1) is 6.61 Å². The van der Waals surface area contributed by atoms with E-state index in [4.69, 9.17) is 4.74 Å². The van der Waals surface area contributed by atoms with Crippen molar-refractivity contribution in [3.05, 3.63) is 34.5 Å². The predicted octanol–water partition coefficient (Wildman–Crippen LogP) is 3.01. The Morgan fingerprint density at radius 3 is 2.62 bits per heavy atom. The highest BCUT2D eigenvalue weighted by Crippen LogP contribution is 2.33. The SMILES string of the molecule is CCOCCN1Cc2cc3c(CC(C)CO)c(C)n(C)c3cc2C1. The van der Waals surface area contributed by atoms with Crippen LogP contribution in [0.15, 0.2) is 12.1 Å². The van der Waals surface area contributed by atoms with Crippen molar-refractivity contribution < 1.29 is 9.84 Å². The molecule has 24 heavy (non-hydrogen) atoms. The molecule has 1 aromatic heterocycles. The molecule has 0 amide bonds. The Balaban J connectivity index is 1.89. The Morgan fingerprint density at radius 2 is 1.96 bits per heavy atom. The summed E-state index contributed by atoms with van der Waals surface area (Å²) in [5, 5.41) is 10.8. The molecule has 1 N–H and O–H groups in total. The number of aryl methyl sites for hydroxylation is 1. The molecule has 4 nitrogen and oxygen atoms in total. The molecule has 0 radical (unpaired) electrons. The molecule has 0 bridgehead atoms. The molecule has 0 fully saturated rings. The standard InChI is InChI=1S/C20H30N2O2/c1-5-24-7-6-22-11-16-9-19-18(8-14(2)13-23)15(3)21(4)20(19)10-17(16)12-22/h9-10,14,23H,5-8,11-13H2,1-4H3. The van der Waals surface area contributed by atoms with Gasteiger partial charge in [0.2, 0.25) is 0 Å². The van der Waals surface area contributed by atoms with Crippen molar-refractivity contribution in [2.24, 2.45) is 13.0 Å². The normalized spacial score (nSPS) is 16.0. The van der Waals surface area contributed by atoms with Crippen molar-refractivity contribution in [2.75, 3.05) is 26.4 Å². The fraction of sp³-hybridized carbons (Fsp3) is 0.600. The average molecular weight is 330 g/mol. The summed E-state index contributed by atoms with van der Waals surface area (Å²) in [6.45, 7) is 11.2. The minimum atomic E-state index is 0.242. The summed E-state index contributed by atoms with van der Waals surface area (Å²) < 4.78 is 7.80. The molecular weight excluding hydrogens is 300 g/mol. The van der Waals surface area contributed by atoms with Crippen LogP contribution in [0.2, 0.25) is 0 Å². The number of aliphatic hydroxyl groups is 1. The number of benzene rings is 1. The van der Waals surface area contributed by atoms with E-state index in [1.165, 1.54) is 33.3 Å². The van der Waals surface area contributed by atoms with Crippen molar-refractivity contribution in [3.63, 3.8) is 0 Å². The maximum absolute atomic E-state index is 9.43. The number of hydrogen-bond donors (Lipinski definition) is 1. The third-order valence-electron chi connectivity index (χ3n) is 5.35. The van der Waals surface area contributed by atoms with Crippen molar-refractivity contribution in [1.29, 1.82) is 0 Å². The molecule has 0 saturated carbocycles. The first kappa shape index (κ1) is 17.5. The van der Waals surface area contributed by atoms with Crippen molar-refractivity contribution in [1.82, 2.24) is 9.47 Å². The average Bonchev–Trinajstić information content (AvgIpc) is 3.07. The van der Waals surface area contributed by atoms with Gasteiger partial charge in [0, 0.05) is 56.5 Å². The first-order valence-electron chi connectivity index (χ1n) is 9.05. The molecule has 132 valence electrons. The number of fused-ring (bicyclic) bond motifs is 2. The first-order chi connectivity index (χ1) is 11.5. The van der Waals surface area contributed by atoms with Crippen LogP contribution in [0.1, 0.15) is 36.2 Å². The Morgan fingerprint density at radius 1 is 1.25 bits per heavy atom. The fourth-order valence-electron chi connectivity index (χ4n) is 3.77. The minimum Gasteiger partial charge on any atom is -0.396 e. The lowest BCUT2D eigenvalue weighted by atomic mass is 9.97. The smallest absolute Gasteiger partial charge is 0.0593 e. The second-order valence-corrected chi connectivity index (χ2v) is 7.16. The lowest BCUT2D eigenvalue weighted by Crippen LogP contribution is -2.21. The van der Waals surface area contributed by atoms with Gasteiger partial charge in [-0.15, -0.1) is 0 Å². The zero-order valence-electron chi connectivity index (χ0n) is 15.4. The largest absolute Gasteiger partial charge is 0.396 e. The number of hydrogen-bond acceptors (Lipinski definition) is 3. The summed E-state index contributed by atoms with van der Waals surface area (Å²) in [4.78, 5) is 2.46. The Bertz CT molecular complexity index is 720. The minimum absolute atomic E-state index is 0.242. The summed E-state index contributed by atoms with van der Waals surface area (Å²) >= 11 is 0. The van der Waals surface area contributed by atoms with E-state index in [0.29, 0.717) is 5.92 Å². The second-order valence-electron chi connectivity index (χ2n) is 7.16. The highest BCUT2D eigenvalue weighted by molar-refractivity contribution is 5.87. The lowest BCUT2D eigenvalue weighted by Gasteiger charge is -2.13. The Labute approximate surface area is 145 Å². The van der Waals surface area contributed by atoms with E-state index >= 15 is 0 Å². The molecule has 1 aliphatic rings. The topological polar surface area (TPSA) is 37.6 Å². The van der Waals surface area contributed by atoms with Gasteiger partial charge in [0.1, 0.15) is 0 Å². The van der Waals surface area contributed by atoms with Gasteiger partial charge in [-0.1, -0.05) is 6.92 Å². The van der Waals surface area contributed by atoms with E-state index in [1.807, 2.05) is 6.92 Å². The lowest BCUT2D eigenvalue weighted by molar-refractivity contribution is 0.113. The molecule has 0 saturated heterocycles. The maximum Gasteiger partial charge on any atom is 0.0593 e. The van der Waals surface area contributed by atoms with E-state index in [-0.39, 0.29) is 6.61 Å². The highest BCUT2D eigenvalue weighted by atomic mass is 16.5. The van der Waals surface area contributed by atoms with Crippen LogP contribution in [0.5, 0.6) is 0 Å². The molecule has 0 aliphatic carbocycles. The predicted molar refractivity (Wildman–Crippen MR) is 98.2 cm³/mol. The summed E-state index contributed by atoms with van der Waals surface area (Å²) in [5.41, 5.74) is 6.92. The molecule has 1 aliphatic heterocycles. The molecule has 0 spiro atoms. The molecule has 2 aromatic rings. The number of aromatic nitrogens is 1. The third kappa shape index (κ3) is 3.23. The molecular formula is C20H30N2O2. The van der Waals surface area contributed by atoms with Gasteiger partial charge < -0.3 is 14.4 Å². The Hall–Kier alpha value is -1.36. The highest BCUT2D eigenvalue weighted by Gasteiger charge is 2.22. The number of nitrogens with zero attached hydrogens (tertiary/aromatic N) is 2. The molecule has 1 aromatic carbocycles. The van der Waals surface area contributed by atoms with E-state index in [0.717, 1.165) is 39.3 Å². The van der Waals surface area contributed by atoms with Crippen LogP contribution in [0.3, 0.4) is 0 Å². The third-order valence-corrected chi connectivity index (χ3v) is 5.35. The van der Waals surface area contributed by atoms with E-state index in [9.17, 15) is 5.11 Å². The zero-order chi connectivity index (χ0) is 17.3. The van der Waals surface area contributed by atoms with Gasteiger partial charge in [-0.25, -0.2) is 0 Å². The van der Waals surface area contributed by atoms with Gasteiger partial charge in [-0.05, 0) is 55.0 Å². The maximum atomic E-state index is 9.43. The molecule has 2 heterocycles. The van der Waals surface area contributed by atoms with Crippen LogP contribution in [0, 0.1) is 12.8 Å². The van der Waals surface area contributed by atoms with Crippen LogP contribution in [0.25, 0.3) is 10.9 Å². The van der Waals surface area contributed by atoms with Gasteiger partial charge in [0.25, 0.3) is 0 Å². The summed E-state index contributed by atoms with van der Waals surface area (Å²) in [5.74, 6) is 0.297. The van der Waals surface area contributed by atoms with Crippen molar-refractivity contribution in [3.8, 4) is 0 Å². The van der Waals surface area contributed by atoms with Gasteiger partial charge in [0.15, 0.2) is 0 Å². The summed E-state index contributed by atoms with van der Waals surface area (Å²) in [6, 6.07) is 4.75. The molecule has 4 heteroatoms. The van der Waals surface area contributed by atoms with Gasteiger partial charge in [-0.3, -0.25) is 4.90 Å². The zero-order valence-corrected chi connectivity index (χ0v) is 15.4. The first-order valence-corrected chi connectivity index (χ1v) is 9.05. The monoisotopic (exact) mass is 330 g/mol. The summed E-state index contributed by atoms with van der Waals surface area (Å²) in [7, 11) is 2.15. The number of ether oxygens (including phenoxy) is 1. The number of rotatable bonds is 7. The van der Waals surface area contributed by atoms with Gasteiger partial charge >= 0.3 is 0 Å².